The van der Waals surface area contributed by atoms with Crippen LogP contribution in [0.1, 0.15) is 31.7 Å². The van der Waals surface area contributed by atoms with Crippen molar-refractivity contribution in [3.63, 3.8) is 0 Å². The fraction of sp³-hybridized carbons (Fsp3) is 0.478. The van der Waals surface area contributed by atoms with Crippen molar-refractivity contribution in [2.24, 2.45) is 4.99 Å². The van der Waals surface area contributed by atoms with Crippen molar-refractivity contribution in [1.29, 1.82) is 0 Å². The van der Waals surface area contributed by atoms with Crippen molar-refractivity contribution >= 4 is 29.9 Å². The van der Waals surface area contributed by atoms with E-state index < -0.39 is 0 Å². The molecule has 8 heteroatoms. The first-order valence-electron chi connectivity index (χ1n) is 10.6. The summed E-state index contributed by atoms with van der Waals surface area (Å²) in [5, 5.41) is 6.76. The normalized spacial score (nSPS) is 11.0. The van der Waals surface area contributed by atoms with Gasteiger partial charge in [-0.3, -0.25) is 4.79 Å². The SMILES string of the molecule is CCOCCCNC(=NCc1ccc(OC)cc1)NCCCCn1ccccc1=O.I. The Labute approximate surface area is 202 Å². The zero-order chi connectivity index (χ0) is 21.4. The minimum absolute atomic E-state index is 0. The first-order valence-corrected chi connectivity index (χ1v) is 10.6. The molecule has 31 heavy (non-hydrogen) atoms. The van der Waals surface area contributed by atoms with E-state index in [1.54, 1.807) is 23.8 Å². The summed E-state index contributed by atoms with van der Waals surface area (Å²) < 4.78 is 12.3. The summed E-state index contributed by atoms with van der Waals surface area (Å²) in [5.74, 6) is 1.63. The number of aryl methyl sites for hydroxylation is 1. The largest absolute Gasteiger partial charge is 0.497 e. The van der Waals surface area contributed by atoms with E-state index in [0.717, 1.165) is 69.4 Å². The van der Waals surface area contributed by atoms with Gasteiger partial charge >= 0.3 is 0 Å². The fourth-order valence-electron chi connectivity index (χ4n) is 2.86. The third-order valence-electron chi connectivity index (χ3n) is 4.56. The Morgan fingerprint density at radius 2 is 1.77 bits per heavy atom. The summed E-state index contributed by atoms with van der Waals surface area (Å²) in [7, 11) is 1.66. The summed E-state index contributed by atoms with van der Waals surface area (Å²) in [6.07, 6.45) is 4.63. The average molecular weight is 542 g/mol. The molecule has 0 fully saturated rings. The van der Waals surface area contributed by atoms with E-state index in [0.29, 0.717) is 6.54 Å². The van der Waals surface area contributed by atoms with E-state index in [-0.39, 0.29) is 29.5 Å². The number of benzene rings is 1. The number of nitrogens with zero attached hydrogens (tertiary/aromatic N) is 2. The van der Waals surface area contributed by atoms with Gasteiger partial charge in [0.25, 0.3) is 0 Å². The maximum Gasteiger partial charge on any atom is 0.250 e. The topological polar surface area (TPSA) is 76.9 Å². The third kappa shape index (κ3) is 11.2. The molecule has 172 valence electrons. The lowest BCUT2D eigenvalue weighted by molar-refractivity contribution is 0.145. The Hall–Kier alpha value is -2.07. The van der Waals surface area contributed by atoms with Crippen molar-refractivity contribution < 1.29 is 9.47 Å². The standard InChI is InChI=1S/C23H34N4O3.HI/c1-3-30-18-8-15-25-23(26-19-20-10-12-21(29-2)13-11-20)24-14-5-7-17-27-16-6-4-9-22(27)28;/h4,6,9-13,16H,3,5,7-8,14-15,17-19H2,1-2H3,(H2,24,25,26);1H. The Kier molecular flexibility index (Phi) is 14.4. The molecule has 2 rings (SSSR count). The van der Waals surface area contributed by atoms with Gasteiger partial charge in [0.1, 0.15) is 5.75 Å². The number of pyridine rings is 1. The molecule has 0 atom stereocenters. The van der Waals surface area contributed by atoms with Crippen LogP contribution in [-0.4, -0.2) is 43.9 Å². The molecule has 0 saturated carbocycles. The summed E-state index contributed by atoms with van der Waals surface area (Å²) in [6, 6.07) is 13.2. The van der Waals surface area contributed by atoms with Crippen LogP contribution in [0, 0.1) is 0 Å². The number of guanidine groups is 1. The van der Waals surface area contributed by atoms with Gasteiger partial charge in [-0.05, 0) is 49.9 Å². The van der Waals surface area contributed by atoms with Crippen LogP contribution in [0.2, 0.25) is 0 Å². The van der Waals surface area contributed by atoms with Gasteiger partial charge in [-0.2, -0.15) is 0 Å². The molecule has 0 saturated heterocycles. The molecule has 2 aromatic rings. The van der Waals surface area contributed by atoms with E-state index in [4.69, 9.17) is 14.5 Å². The van der Waals surface area contributed by atoms with Gasteiger partial charge in [0.2, 0.25) is 5.56 Å². The Bertz CT molecular complexity index is 809. The van der Waals surface area contributed by atoms with Crippen LogP contribution < -0.4 is 20.9 Å². The maximum absolute atomic E-state index is 11.7. The molecule has 2 N–H and O–H groups in total. The summed E-state index contributed by atoms with van der Waals surface area (Å²) >= 11 is 0. The molecule has 0 aliphatic rings. The number of nitrogens with one attached hydrogen (secondary N) is 2. The molecular formula is C23H35IN4O3. The second kappa shape index (κ2) is 16.6. The Balaban J connectivity index is 0.00000480. The third-order valence-corrected chi connectivity index (χ3v) is 4.56. The predicted molar refractivity (Wildman–Crippen MR) is 137 cm³/mol. The van der Waals surface area contributed by atoms with Gasteiger partial charge in [0.05, 0.1) is 13.7 Å². The number of hydrogen-bond donors (Lipinski definition) is 2. The van der Waals surface area contributed by atoms with E-state index >= 15 is 0 Å². The van der Waals surface area contributed by atoms with E-state index in [9.17, 15) is 4.79 Å². The second-order valence-corrected chi connectivity index (χ2v) is 6.86. The number of methoxy groups -OCH3 is 1. The average Bonchev–Trinajstić information content (AvgIpc) is 2.78. The van der Waals surface area contributed by atoms with Crippen LogP contribution in [0.5, 0.6) is 5.75 Å². The molecule has 0 aliphatic carbocycles. The van der Waals surface area contributed by atoms with Crippen LogP contribution in [0.4, 0.5) is 0 Å². The van der Waals surface area contributed by atoms with Gasteiger partial charge in [-0.15, -0.1) is 24.0 Å². The first-order chi connectivity index (χ1) is 14.7. The van der Waals surface area contributed by atoms with Gasteiger partial charge in [-0.1, -0.05) is 18.2 Å². The Morgan fingerprint density at radius 1 is 1.03 bits per heavy atom. The summed E-state index contributed by atoms with van der Waals surface area (Å²) in [4.78, 5) is 16.4. The second-order valence-electron chi connectivity index (χ2n) is 6.86. The summed E-state index contributed by atoms with van der Waals surface area (Å²) in [6.45, 7) is 6.38. The highest BCUT2D eigenvalue weighted by molar-refractivity contribution is 14.0. The van der Waals surface area contributed by atoms with Crippen molar-refractivity contribution in [1.82, 2.24) is 15.2 Å². The number of ether oxygens (including phenoxy) is 2. The van der Waals surface area contributed by atoms with E-state index in [2.05, 4.69) is 10.6 Å². The highest BCUT2D eigenvalue weighted by Crippen LogP contribution is 2.11. The molecule has 0 unspecified atom stereocenters. The smallest absolute Gasteiger partial charge is 0.250 e. The van der Waals surface area contributed by atoms with Crippen LogP contribution in [0.3, 0.4) is 0 Å². The number of aliphatic imine (C=N–C) groups is 1. The van der Waals surface area contributed by atoms with Gasteiger partial charge in [0, 0.05) is 45.1 Å². The zero-order valence-electron chi connectivity index (χ0n) is 18.5. The number of rotatable bonds is 13. The molecule has 1 heterocycles. The maximum atomic E-state index is 11.7. The number of aromatic nitrogens is 1. The van der Waals surface area contributed by atoms with E-state index in [1.165, 1.54) is 0 Å². The van der Waals surface area contributed by atoms with Crippen molar-refractivity contribution in [2.75, 3.05) is 33.4 Å². The van der Waals surface area contributed by atoms with Gasteiger partial charge in [0.15, 0.2) is 5.96 Å². The molecule has 0 spiro atoms. The number of halogens is 1. The lowest BCUT2D eigenvalue weighted by Gasteiger charge is -2.13. The molecule has 0 aliphatic heterocycles. The lowest BCUT2D eigenvalue weighted by Crippen LogP contribution is -2.38. The zero-order valence-corrected chi connectivity index (χ0v) is 20.8. The van der Waals surface area contributed by atoms with E-state index in [1.807, 2.05) is 43.5 Å². The molecular weight excluding hydrogens is 507 g/mol. The number of unbranched alkanes of at least 4 members (excludes halogenated alkanes) is 1. The van der Waals surface area contributed by atoms with Crippen LogP contribution in [0.15, 0.2) is 58.4 Å². The minimum Gasteiger partial charge on any atom is -0.497 e. The predicted octanol–water partition coefficient (Wildman–Crippen LogP) is 3.42. The van der Waals surface area contributed by atoms with Gasteiger partial charge in [-0.25, -0.2) is 4.99 Å². The molecule has 0 radical (unpaired) electrons. The van der Waals surface area contributed by atoms with Gasteiger partial charge < -0.3 is 24.7 Å². The molecule has 7 nitrogen and oxygen atoms in total. The van der Waals surface area contributed by atoms with Crippen LogP contribution in [0.25, 0.3) is 0 Å². The molecule has 1 aromatic heterocycles. The van der Waals surface area contributed by atoms with Crippen molar-refractivity contribution in [2.45, 2.75) is 39.3 Å². The minimum atomic E-state index is 0. The molecule has 1 aromatic carbocycles. The van der Waals surface area contributed by atoms with Crippen LogP contribution in [-0.2, 0) is 17.8 Å². The highest BCUT2D eigenvalue weighted by atomic mass is 127. The van der Waals surface area contributed by atoms with Crippen molar-refractivity contribution in [3.8, 4) is 5.75 Å². The Morgan fingerprint density at radius 3 is 2.45 bits per heavy atom. The van der Waals surface area contributed by atoms with Crippen molar-refractivity contribution in [3.05, 3.63) is 64.6 Å². The lowest BCUT2D eigenvalue weighted by atomic mass is 10.2. The fourth-order valence-corrected chi connectivity index (χ4v) is 2.86. The quantitative estimate of drug-likeness (QED) is 0.176. The first kappa shape index (κ1) is 27.0. The van der Waals surface area contributed by atoms with Crippen LogP contribution >= 0.6 is 24.0 Å². The molecule has 0 bridgehead atoms. The highest BCUT2D eigenvalue weighted by Gasteiger charge is 2.00. The number of hydrogen-bond acceptors (Lipinski definition) is 4. The monoisotopic (exact) mass is 542 g/mol. The molecule has 0 amide bonds. The summed E-state index contributed by atoms with van der Waals surface area (Å²) in [5.41, 5.74) is 1.16.